The highest BCUT2D eigenvalue weighted by atomic mass is 32.1. The van der Waals surface area contributed by atoms with Gasteiger partial charge >= 0.3 is 0 Å². The molecule has 0 saturated carbocycles. The van der Waals surface area contributed by atoms with E-state index in [1.807, 2.05) is 11.0 Å². The minimum absolute atomic E-state index is 0.166. The average Bonchev–Trinajstić information content (AvgIpc) is 2.68. The molecule has 0 N–H and O–H groups in total. The second-order valence-electron chi connectivity index (χ2n) is 5.75. The summed E-state index contributed by atoms with van der Waals surface area (Å²) in [4.78, 5) is 16.5. The van der Waals surface area contributed by atoms with Crippen LogP contribution in [0.15, 0.2) is 24.3 Å². The molecule has 2 aliphatic heterocycles. The van der Waals surface area contributed by atoms with Gasteiger partial charge in [0, 0.05) is 31.3 Å². The van der Waals surface area contributed by atoms with Crippen LogP contribution in [0.4, 0.5) is 11.4 Å². The largest absolute Gasteiger partial charge is 0.370 e. The van der Waals surface area contributed by atoms with Crippen LogP contribution in [-0.4, -0.2) is 30.8 Å². The van der Waals surface area contributed by atoms with Gasteiger partial charge in [-0.2, -0.15) is 12.6 Å². The van der Waals surface area contributed by atoms with E-state index in [1.54, 1.807) is 0 Å². The predicted molar refractivity (Wildman–Crippen MR) is 86.9 cm³/mol. The highest BCUT2D eigenvalue weighted by molar-refractivity contribution is 7.81. The first-order chi connectivity index (χ1) is 9.75. The van der Waals surface area contributed by atoms with Crippen LogP contribution in [0.1, 0.15) is 32.1 Å². The number of para-hydroxylation sites is 2. The summed E-state index contributed by atoms with van der Waals surface area (Å²) in [6, 6.07) is 8.32. The van der Waals surface area contributed by atoms with E-state index in [1.165, 1.54) is 31.4 Å². The van der Waals surface area contributed by atoms with E-state index in [0.29, 0.717) is 6.42 Å². The predicted octanol–water partition coefficient (Wildman–Crippen LogP) is 3.10. The van der Waals surface area contributed by atoms with Crippen molar-refractivity contribution >= 4 is 29.9 Å². The Morgan fingerprint density at radius 1 is 1.00 bits per heavy atom. The number of amides is 1. The van der Waals surface area contributed by atoms with Gasteiger partial charge in [-0.3, -0.25) is 4.79 Å². The second-order valence-corrected chi connectivity index (χ2v) is 6.48. The van der Waals surface area contributed by atoms with E-state index < -0.39 is 0 Å². The lowest BCUT2D eigenvalue weighted by Gasteiger charge is -2.28. The van der Waals surface area contributed by atoms with Crippen molar-refractivity contribution in [2.75, 3.05) is 29.4 Å². The number of hydrogen-bond acceptors (Lipinski definition) is 3. The SMILES string of the molecule is O=C1CC(S)CN1c1ccccc1N1CCCCCC1. The molecule has 3 nitrogen and oxygen atoms in total. The van der Waals surface area contributed by atoms with Gasteiger partial charge in [-0.15, -0.1) is 0 Å². The number of carbonyl (C=O) groups excluding carboxylic acids is 1. The first kappa shape index (κ1) is 13.8. The van der Waals surface area contributed by atoms with Gasteiger partial charge in [0.25, 0.3) is 0 Å². The van der Waals surface area contributed by atoms with Gasteiger partial charge in [-0.05, 0) is 25.0 Å². The molecule has 2 fully saturated rings. The Hall–Kier alpha value is -1.16. The molecule has 108 valence electrons. The lowest BCUT2D eigenvalue weighted by atomic mass is 10.2. The first-order valence-corrected chi connectivity index (χ1v) is 8.10. The van der Waals surface area contributed by atoms with Gasteiger partial charge in [0.1, 0.15) is 0 Å². The summed E-state index contributed by atoms with van der Waals surface area (Å²) in [5, 5.41) is 0.166. The van der Waals surface area contributed by atoms with E-state index >= 15 is 0 Å². The van der Waals surface area contributed by atoms with Gasteiger partial charge in [0.2, 0.25) is 5.91 Å². The lowest BCUT2D eigenvalue weighted by molar-refractivity contribution is -0.117. The molecule has 1 atom stereocenters. The summed E-state index contributed by atoms with van der Waals surface area (Å²) < 4.78 is 0. The second kappa shape index (κ2) is 6.08. The smallest absolute Gasteiger partial charge is 0.228 e. The monoisotopic (exact) mass is 290 g/mol. The van der Waals surface area contributed by atoms with Crippen LogP contribution in [-0.2, 0) is 4.79 Å². The number of rotatable bonds is 2. The summed E-state index contributed by atoms with van der Waals surface area (Å²) in [6.45, 7) is 2.93. The fourth-order valence-electron chi connectivity index (χ4n) is 3.19. The van der Waals surface area contributed by atoms with E-state index in [2.05, 4.69) is 35.7 Å². The Morgan fingerprint density at radius 2 is 1.65 bits per heavy atom. The highest BCUT2D eigenvalue weighted by Gasteiger charge is 2.30. The van der Waals surface area contributed by atoms with Gasteiger partial charge < -0.3 is 9.80 Å². The number of anilines is 2. The molecule has 2 aliphatic rings. The summed E-state index contributed by atoms with van der Waals surface area (Å²) in [5.41, 5.74) is 2.28. The van der Waals surface area contributed by atoms with Crippen LogP contribution >= 0.6 is 12.6 Å². The maximum absolute atomic E-state index is 12.1. The van der Waals surface area contributed by atoms with Crippen molar-refractivity contribution in [2.45, 2.75) is 37.4 Å². The maximum atomic E-state index is 12.1. The third kappa shape index (κ3) is 2.80. The number of thiol groups is 1. The van der Waals surface area contributed by atoms with Crippen LogP contribution in [0.3, 0.4) is 0 Å². The first-order valence-electron chi connectivity index (χ1n) is 7.58. The standard InChI is InChI=1S/C16H22N2OS/c19-16-11-13(20)12-18(16)15-8-4-3-7-14(15)17-9-5-1-2-6-10-17/h3-4,7-8,13,20H,1-2,5-6,9-12H2. The summed E-state index contributed by atoms with van der Waals surface area (Å²) in [7, 11) is 0. The third-order valence-corrected chi connectivity index (χ3v) is 4.57. The molecule has 4 heteroatoms. The Bertz CT molecular complexity index is 483. The van der Waals surface area contributed by atoms with Crippen LogP contribution in [0.25, 0.3) is 0 Å². The Kier molecular flexibility index (Phi) is 4.20. The quantitative estimate of drug-likeness (QED) is 0.846. The average molecular weight is 290 g/mol. The molecule has 3 rings (SSSR count). The molecule has 2 saturated heterocycles. The van der Waals surface area contributed by atoms with Crippen molar-refractivity contribution in [3.63, 3.8) is 0 Å². The lowest BCUT2D eigenvalue weighted by Crippen LogP contribution is -2.30. The zero-order chi connectivity index (χ0) is 13.9. The van der Waals surface area contributed by atoms with E-state index in [9.17, 15) is 4.79 Å². The molecule has 2 heterocycles. The molecule has 0 aromatic heterocycles. The van der Waals surface area contributed by atoms with Crippen LogP contribution in [0.5, 0.6) is 0 Å². The van der Waals surface area contributed by atoms with Crippen molar-refractivity contribution in [3.8, 4) is 0 Å². The minimum Gasteiger partial charge on any atom is -0.370 e. The van der Waals surface area contributed by atoms with Crippen molar-refractivity contribution in [2.24, 2.45) is 0 Å². The fraction of sp³-hybridized carbons (Fsp3) is 0.562. The molecule has 1 aromatic rings. The van der Waals surface area contributed by atoms with Crippen LogP contribution < -0.4 is 9.80 Å². The highest BCUT2D eigenvalue weighted by Crippen LogP contribution is 2.34. The maximum Gasteiger partial charge on any atom is 0.228 e. The molecule has 1 unspecified atom stereocenters. The summed E-state index contributed by atoms with van der Waals surface area (Å²) >= 11 is 4.46. The van der Waals surface area contributed by atoms with Crippen molar-refractivity contribution in [3.05, 3.63) is 24.3 Å². The Balaban J connectivity index is 1.89. The van der Waals surface area contributed by atoms with Crippen molar-refractivity contribution in [1.82, 2.24) is 0 Å². The van der Waals surface area contributed by atoms with E-state index in [0.717, 1.165) is 25.3 Å². The van der Waals surface area contributed by atoms with Gasteiger partial charge in [-0.25, -0.2) is 0 Å². The van der Waals surface area contributed by atoms with E-state index in [-0.39, 0.29) is 11.2 Å². The fourth-order valence-corrected chi connectivity index (χ4v) is 3.51. The molecule has 0 aliphatic carbocycles. The van der Waals surface area contributed by atoms with Crippen molar-refractivity contribution in [1.29, 1.82) is 0 Å². The molecule has 0 radical (unpaired) electrons. The minimum atomic E-state index is 0.166. The molecule has 0 spiro atoms. The van der Waals surface area contributed by atoms with Crippen molar-refractivity contribution < 1.29 is 4.79 Å². The molecule has 0 bridgehead atoms. The molecule has 1 aromatic carbocycles. The summed E-state index contributed by atoms with van der Waals surface area (Å²) in [6.07, 6.45) is 5.69. The van der Waals surface area contributed by atoms with Crippen LogP contribution in [0, 0.1) is 0 Å². The number of benzene rings is 1. The zero-order valence-corrected chi connectivity index (χ0v) is 12.7. The normalized spacial score (nSPS) is 24.1. The van der Waals surface area contributed by atoms with Gasteiger partial charge in [0.15, 0.2) is 0 Å². The van der Waals surface area contributed by atoms with E-state index in [4.69, 9.17) is 0 Å². The van der Waals surface area contributed by atoms with Crippen LogP contribution in [0.2, 0.25) is 0 Å². The summed E-state index contributed by atoms with van der Waals surface area (Å²) in [5.74, 6) is 0.201. The Morgan fingerprint density at radius 3 is 2.25 bits per heavy atom. The zero-order valence-electron chi connectivity index (χ0n) is 11.8. The number of carbonyl (C=O) groups is 1. The molecular weight excluding hydrogens is 268 g/mol. The molecule has 1 amide bonds. The van der Waals surface area contributed by atoms with Gasteiger partial charge in [-0.1, -0.05) is 25.0 Å². The van der Waals surface area contributed by atoms with Gasteiger partial charge in [0.05, 0.1) is 11.4 Å². The molecular formula is C16H22N2OS. The Labute approximate surface area is 126 Å². The number of hydrogen-bond donors (Lipinski definition) is 1. The topological polar surface area (TPSA) is 23.6 Å². The molecule has 20 heavy (non-hydrogen) atoms. The third-order valence-electron chi connectivity index (χ3n) is 4.22. The number of nitrogens with zero attached hydrogens (tertiary/aromatic N) is 2.